The van der Waals surface area contributed by atoms with Gasteiger partial charge in [-0.25, -0.2) is 0 Å². The van der Waals surface area contributed by atoms with Crippen molar-refractivity contribution in [2.45, 2.75) is 12.8 Å². The van der Waals surface area contributed by atoms with Gasteiger partial charge in [-0.1, -0.05) is 35.4 Å². The van der Waals surface area contributed by atoms with Gasteiger partial charge in [0.15, 0.2) is 24.8 Å². The summed E-state index contributed by atoms with van der Waals surface area (Å²) in [7, 11) is 0. The van der Waals surface area contributed by atoms with Gasteiger partial charge >= 0.3 is 11.9 Å². The third kappa shape index (κ3) is 6.28. The number of hydrogen-bond acceptors (Lipinski definition) is 6. The van der Waals surface area contributed by atoms with Crippen molar-refractivity contribution in [3.05, 3.63) is 81.9 Å². The van der Waals surface area contributed by atoms with Gasteiger partial charge in [-0.2, -0.15) is 0 Å². The van der Waals surface area contributed by atoms with E-state index in [9.17, 15) is 19.2 Å². The molecule has 2 aromatic carbocycles. The first-order chi connectivity index (χ1) is 15.3. The summed E-state index contributed by atoms with van der Waals surface area (Å²) in [6, 6.07) is 12.4. The number of esters is 2. The maximum atomic E-state index is 12.6. The van der Waals surface area contributed by atoms with Gasteiger partial charge in [0, 0.05) is 21.2 Å². The lowest BCUT2D eigenvalue weighted by Crippen LogP contribution is -2.35. The van der Waals surface area contributed by atoms with Crippen molar-refractivity contribution in [1.82, 2.24) is 0 Å². The minimum atomic E-state index is -0.795. The molecule has 0 bridgehead atoms. The quantitative estimate of drug-likeness (QED) is 0.312. The van der Waals surface area contributed by atoms with Crippen LogP contribution in [0.3, 0.4) is 0 Å². The molecule has 0 aliphatic heterocycles. The van der Waals surface area contributed by atoms with Crippen molar-refractivity contribution < 1.29 is 28.7 Å². The van der Waals surface area contributed by atoms with Crippen LogP contribution >= 0.6 is 23.2 Å². The summed E-state index contributed by atoms with van der Waals surface area (Å²) in [6.07, 6.45) is 4.10. The molecule has 0 aromatic heterocycles. The number of halogens is 2. The molecule has 0 fully saturated rings. The summed E-state index contributed by atoms with van der Waals surface area (Å²) in [4.78, 5) is 49.6. The second-order valence-electron chi connectivity index (χ2n) is 7.23. The highest BCUT2D eigenvalue weighted by Crippen LogP contribution is 2.28. The van der Waals surface area contributed by atoms with E-state index in [4.69, 9.17) is 32.7 Å². The molecule has 1 aliphatic carbocycles. The molecular formula is C24H20Cl2O6. The summed E-state index contributed by atoms with van der Waals surface area (Å²) in [5.41, 5.74) is 0.727. The number of ketones is 2. The Labute approximate surface area is 195 Å². The SMILES string of the molecule is O=C(COC(=O)C1CC=CCC1C(=O)OCC(=O)c1ccc(Cl)cc1)c1ccc(Cl)cc1. The van der Waals surface area contributed by atoms with Gasteiger partial charge in [0.1, 0.15) is 0 Å². The van der Waals surface area contributed by atoms with Gasteiger partial charge in [0.05, 0.1) is 11.8 Å². The van der Waals surface area contributed by atoms with Gasteiger partial charge in [0.25, 0.3) is 0 Å². The normalized spacial score (nSPS) is 17.4. The van der Waals surface area contributed by atoms with E-state index >= 15 is 0 Å². The zero-order valence-corrected chi connectivity index (χ0v) is 18.5. The summed E-state index contributed by atoms with van der Waals surface area (Å²) in [6.45, 7) is -0.894. The Bertz CT molecular complexity index is 944. The van der Waals surface area contributed by atoms with Crippen molar-refractivity contribution in [3.8, 4) is 0 Å². The number of rotatable bonds is 8. The number of hydrogen-bond donors (Lipinski definition) is 0. The highest BCUT2D eigenvalue weighted by atomic mass is 35.5. The van der Waals surface area contributed by atoms with Gasteiger partial charge in [0.2, 0.25) is 0 Å². The van der Waals surface area contributed by atoms with E-state index in [-0.39, 0.29) is 24.4 Å². The molecule has 6 nitrogen and oxygen atoms in total. The third-order valence-corrected chi connectivity index (χ3v) is 5.57. The Morgan fingerprint density at radius 2 is 1.00 bits per heavy atom. The fourth-order valence-electron chi connectivity index (χ4n) is 3.26. The first kappa shape index (κ1) is 23.7. The van der Waals surface area contributed by atoms with Crippen LogP contribution in [0.1, 0.15) is 33.6 Å². The zero-order valence-electron chi connectivity index (χ0n) is 17.0. The first-order valence-electron chi connectivity index (χ1n) is 9.91. The molecule has 8 heteroatoms. The molecule has 0 N–H and O–H groups in total. The molecule has 2 unspecified atom stereocenters. The van der Waals surface area contributed by atoms with Gasteiger partial charge in [-0.05, 0) is 61.4 Å². The fraction of sp³-hybridized carbons (Fsp3) is 0.250. The predicted molar refractivity (Wildman–Crippen MR) is 119 cm³/mol. The second-order valence-corrected chi connectivity index (χ2v) is 8.10. The molecule has 0 spiro atoms. The van der Waals surface area contributed by atoms with E-state index in [1.54, 1.807) is 60.7 Å². The van der Waals surface area contributed by atoms with Crippen LogP contribution in [0.25, 0.3) is 0 Å². The van der Waals surface area contributed by atoms with Gasteiger partial charge in [-0.3, -0.25) is 19.2 Å². The molecule has 0 heterocycles. The lowest BCUT2D eigenvalue weighted by molar-refractivity contribution is -0.159. The monoisotopic (exact) mass is 474 g/mol. The molecule has 2 aromatic rings. The highest BCUT2D eigenvalue weighted by molar-refractivity contribution is 6.31. The maximum Gasteiger partial charge on any atom is 0.310 e. The molecule has 0 saturated heterocycles. The summed E-state index contributed by atoms with van der Waals surface area (Å²) < 4.78 is 10.3. The van der Waals surface area contributed by atoms with Crippen molar-refractivity contribution in [2.75, 3.05) is 13.2 Å². The lowest BCUT2D eigenvalue weighted by Gasteiger charge is -2.25. The Kier molecular flexibility index (Phi) is 8.20. The lowest BCUT2D eigenvalue weighted by atomic mass is 9.83. The van der Waals surface area contributed by atoms with Crippen LogP contribution < -0.4 is 0 Å². The summed E-state index contributed by atoms with van der Waals surface area (Å²) in [5.74, 6) is -3.68. The molecule has 0 saturated carbocycles. The maximum absolute atomic E-state index is 12.6. The van der Waals surface area contributed by atoms with Crippen LogP contribution in [0, 0.1) is 11.8 Å². The van der Waals surface area contributed by atoms with Crippen molar-refractivity contribution in [2.24, 2.45) is 11.8 Å². The molecule has 32 heavy (non-hydrogen) atoms. The van der Waals surface area contributed by atoms with E-state index in [0.29, 0.717) is 21.2 Å². The van der Waals surface area contributed by atoms with Crippen LogP contribution in [-0.4, -0.2) is 36.7 Å². The molecular weight excluding hydrogens is 455 g/mol. The minimum Gasteiger partial charge on any atom is -0.457 e. The average Bonchev–Trinajstić information content (AvgIpc) is 2.81. The highest BCUT2D eigenvalue weighted by Gasteiger charge is 2.36. The number of carbonyl (C=O) groups excluding carboxylic acids is 4. The van der Waals surface area contributed by atoms with Crippen molar-refractivity contribution >= 4 is 46.7 Å². The predicted octanol–water partition coefficient (Wildman–Crippen LogP) is 4.73. The van der Waals surface area contributed by atoms with E-state index in [1.165, 1.54) is 0 Å². The molecule has 1 aliphatic rings. The van der Waals surface area contributed by atoms with Crippen LogP contribution in [0.15, 0.2) is 60.7 Å². The van der Waals surface area contributed by atoms with Crippen LogP contribution in [0.2, 0.25) is 10.0 Å². The number of allylic oxidation sites excluding steroid dienone is 2. The van der Waals surface area contributed by atoms with Crippen LogP contribution in [-0.2, 0) is 19.1 Å². The molecule has 0 amide bonds. The second kappa shape index (κ2) is 11.1. The smallest absolute Gasteiger partial charge is 0.310 e. The Balaban J connectivity index is 1.55. The van der Waals surface area contributed by atoms with Gasteiger partial charge < -0.3 is 9.47 Å². The third-order valence-electron chi connectivity index (χ3n) is 5.06. The topological polar surface area (TPSA) is 86.7 Å². The summed E-state index contributed by atoms with van der Waals surface area (Å²) in [5, 5.41) is 0.979. The number of ether oxygens (including phenoxy) is 2. The minimum absolute atomic E-state index is 0.277. The number of benzene rings is 2. The van der Waals surface area contributed by atoms with E-state index in [2.05, 4.69) is 0 Å². The van der Waals surface area contributed by atoms with E-state index < -0.39 is 37.0 Å². The largest absolute Gasteiger partial charge is 0.457 e. The van der Waals surface area contributed by atoms with Crippen molar-refractivity contribution in [1.29, 1.82) is 0 Å². The molecule has 3 rings (SSSR count). The Hall–Kier alpha value is -2.96. The standard InChI is InChI=1S/C24H20Cl2O6/c25-17-9-5-15(6-10-17)21(27)13-31-23(29)19-3-1-2-4-20(19)24(30)32-14-22(28)16-7-11-18(26)12-8-16/h1-2,5-12,19-20H,3-4,13-14H2. The Morgan fingerprint density at radius 1 is 0.656 bits per heavy atom. The molecule has 166 valence electrons. The summed E-state index contributed by atoms with van der Waals surface area (Å²) >= 11 is 11.6. The fourth-order valence-corrected chi connectivity index (χ4v) is 3.51. The van der Waals surface area contributed by atoms with E-state index in [1.807, 2.05) is 0 Å². The van der Waals surface area contributed by atoms with Crippen LogP contribution in [0.5, 0.6) is 0 Å². The van der Waals surface area contributed by atoms with Crippen LogP contribution in [0.4, 0.5) is 0 Å². The van der Waals surface area contributed by atoms with Crippen molar-refractivity contribution in [3.63, 3.8) is 0 Å². The van der Waals surface area contributed by atoms with Gasteiger partial charge in [-0.15, -0.1) is 0 Å². The molecule has 0 radical (unpaired) electrons. The average molecular weight is 475 g/mol. The Morgan fingerprint density at radius 3 is 1.34 bits per heavy atom. The number of carbonyl (C=O) groups is 4. The zero-order chi connectivity index (χ0) is 23.1. The molecule has 2 atom stereocenters. The van der Waals surface area contributed by atoms with E-state index in [0.717, 1.165) is 0 Å². The first-order valence-corrected chi connectivity index (χ1v) is 10.7. The number of Topliss-reactive ketones (excluding diaryl/α,β-unsaturated/α-hetero) is 2.